The molecule has 242 valence electrons. The lowest BCUT2D eigenvalue weighted by atomic mass is 9.99. The predicted octanol–water partition coefficient (Wildman–Crippen LogP) is 12.6. The van der Waals surface area contributed by atoms with Gasteiger partial charge >= 0.3 is 0 Å². The van der Waals surface area contributed by atoms with Crippen LogP contribution in [0.5, 0.6) is 0 Å². The van der Waals surface area contributed by atoms with Crippen molar-refractivity contribution in [3.63, 3.8) is 0 Å². The quantitative estimate of drug-likeness (QED) is 0.175. The van der Waals surface area contributed by atoms with Crippen molar-refractivity contribution in [2.45, 2.75) is 0 Å². The van der Waals surface area contributed by atoms with Gasteiger partial charge in [0.05, 0.1) is 0 Å². The van der Waals surface area contributed by atoms with Crippen molar-refractivity contribution in [2.24, 2.45) is 0 Å². The zero-order valence-corrected chi connectivity index (χ0v) is 27.7. The smallest absolute Gasteiger partial charge is 0.164 e. The summed E-state index contributed by atoms with van der Waals surface area (Å²) >= 11 is 0. The molecule has 0 radical (unpaired) electrons. The Kier molecular flexibility index (Phi) is 6.18. The Morgan fingerprint density at radius 3 is 1.75 bits per heavy atom. The van der Waals surface area contributed by atoms with Gasteiger partial charge in [0.1, 0.15) is 22.3 Å². The highest BCUT2D eigenvalue weighted by atomic mass is 16.3. The zero-order valence-electron chi connectivity index (χ0n) is 27.7. The van der Waals surface area contributed by atoms with E-state index in [4.69, 9.17) is 23.8 Å². The minimum absolute atomic E-state index is 0.593. The van der Waals surface area contributed by atoms with Crippen LogP contribution in [0.2, 0.25) is 0 Å². The first-order chi connectivity index (χ1) is 25.7. The van der Waals surface area contributed by atoms with E-state index in [1.807, 2.05) is 60.7 Å². The van der Waals surface area contributed by atoms with E-state index in [1.165, 1.54) is 16.2 Å². The van der Waals surface area contributed by atoms with E-state index in [0.29, 0.717) is 17.5 Å². The Balaban J connectivity index is 1.06. The monoisotopic (exact) mass is 665 g/mol. The molecule has 3 aromatic heterocycles. The van der Waals surface area contributed by atoms with Crippen LogP contribution < -0.4 is 0 Å². The molecule has 0 unspecified atom stereocenters. The van der Waals surface area contributed by atoms with Gasteiger partial charge in [0, 0.05) is 38.2 Å². The van der Waals surface area contributed by atoms with Crippen LogP contribution in [0.15, 0.2) is 173 Å². The predicted molar refractivity (Wildman–Crippen MR) is 211 cm³/mol. The summed E-state index contributed by atoms with van der Waals surface area (Å²) in [6, 6.07) is 56.4. The summed E-state index contributed by atoms with van der Waals surface area (Å²) in [5.74, 6) is 1.83. The van der Waals surface area contributed by atoms with E-state index in [-0.39, 0.29) is 0 Å². The van der Waals surface area contributed by atoms with Crippen molar-refractivity contribution in [1.29, 1.82) is 0 Å². The molecule has 5 nitrogen and oxygen atoms in total. The summed E-state index contributed by atoms with van der Waals surface area (Å²) in [5.41, 5.74) is 8.18. The third-order valence-corrected chi connectivity index (χ3v) is 10.1. The van der Waals surface area contributed by atoms with Crippen molar-refractivity contribution >= 4 is 65.4 Å². The highest BCUT2D eigenvalue weighted by molar-refractivity contribution is 6.13. The van der Waals surface area contributed by atoms with Crippen LogP contribution >= 0.6 is 0 Å². The van der Waals surface area contributed by atoms with Gasteiger partial charge in [-0.3, -0.25) is 0 Å². The third-order valence-electron chi connectivity index (χ3n) is 10.1. The first-order valence-electron chi connectivity index (χ1n) is 17.3. The van der Waals surface area contributed by atoms with Gasteiger partial charge in [-0.2, -0.15) is 0 Å². The molecule has 5 heteroatoms. The molecule has 8 aromatic carbocycles. The van der Waals surface area contributed by atoms with E-state index in [0.717, 1.165) is 77.1 Å². The molecule has 0 aliphatic carbocycles. The van der Waals surface area contributed by atoms with Crippen molar-refractivity contribution < 1.29 is 8.83 Å². The molecule has 0 aliphatic heterocycles. The lowest BCUT2D eigenvalue weighted by Crippen LogP contribution is -2.00. The van der Waals surface area contributed by atoms with Crippen LogP contribution in [-0.2, 0) is 0 Å². The number of furan rings is 2. The van der Waals surface area contributed by atoms with Gasteiger partial charge in [0.25, 0.3) is 0 Å². The minimum atomic E-state index is 0.593. The van der Waals surface area contributed by atoms with E-state index >= 15 is 0 Å². The fourth-order valence-corrected chi connectivity index (χ4v) is 7.59. The number of rotatable bonds is 4. The second-order valence-electron chi connectivity index (χ2n) is 13.2. The molecule has 0 amide bonds. The Hall–Kier alpha value is -7.11. The maximum Gasteiger partial charge on any atom is 0.164 e. The van der Waals surface area contributed by atoms with Crippen molar-refractivity contribution in [2.75, 3.05) is 0 Å². The molecule has 0 fully saturated rings. The molecular formula is C47H27N3O2. The van der Waals surface area contributed by atoms with E-state index in [1.54, 1.807) is 0 Å². The van der Waals surface area contributed by atoms with Crippen LogP contribution in [0.25, 0.3) is 111 Å². The van der Waals surface area contributed by atoms with Crippen molar-refractivity contribution in [1.82, 2.24) is 15.0 Å². The number of aromatic nitrogens is 3. The van der Waals surface area contributed by atoms with Gasteiger partial charge < -0.3 is 8.83 Å². The molecule has 0 bridgehead atoms. The number of para-hydroxylation sites is 1. The summed E-state index contributed by atoms with van der Waals surface area (Å²) in [7, 11) is 0. The van der Waals surface area contributed by atoms with Gasteiger partial charge in [0.15, 0.2) is 17.5 Å². The topological polar surface area (TPSA) is 65.0 Å². The number of nitrogens with zero attached hydrogens (tertiary/aromatic N) is 3. The summed E-state index contributed by atoms with van der Waals surface area (Å²) in [4.78, 5) is 15.2. The maximum atomic E-state index is 6.53. The second kappa shape index (κ2) is 11.2. The second-order valence-corrected chi connectivity index (χ2v) is 13.2. The molecule has 0 spiro atoms. The third kappa shape index (κ3) is 4.53. The normalized spacial score (nSPS) is 11.8. The average molecular weight is 666 g/mol. The molecule has 0 atom stereocenters. The zero-order chi connectivity index (χ0) is 34.2. The van der Waals surface area contributed by atoms with Crippen molar-refractivity contribution in [3.8, 4) is 45.3 Å². The van der Waals surface area contributed by atoms with Crippen LogP contribution in [0.4, 0.5) is 0 Å². The Labute approximate surface area is 297 Å². The summed E-state index contributed by atoms with van der Waals surface area (Å²) in [6.45, 7) is 0. The molecule has 3 heterocycles. The Morgan fingerprint density at radius 2 is 0.885 bits per heavy atom. The summed E-state index contributed by atoms with van der Waals surface area (Å²) in [5, 5.41) is 8.98. The number of benzene rings is 8. The molecule has 0 aliphatic rings. The highest BCUT2D eigenvalue weighted by Crippen LogP contribution is 2.39. The Bertz CT molecular complexity index is 3190. The minimum Gasteiger partial charge on any atom is -0.456 e. The van der Waals surface area contributed by atoms with Crippen LogP contribution in [0.1, 0.15) is 0 Å². The molecule has 0 saturated heterocycles. The van der Waals surface area contributed by atoms with E-state index in [9.17, 15) is 0 Å². The molecule has 11 rings (SSSR count). The molecule has 0 N–H and O–H groups in total. The highest BCUT2D eigenvalue weighted by Gasteiger charge is 2.19. The van der Waals surface area contributed by atoms with Crippen LogP contribution in [0, 0.1) is 0 Å². The van der Waals surface area contributed by atoms with Gasteiger partial charge in [-0.05, 0) is 75.1 Å². The number of fused-ring (bicyclic) bond motifs is 9. The van der Waals surface area contributed by atoms with Gasteiger partial charge in [-0.1, -0.05) is 121 Å². The fourth-order valence-electron chi connectivity index (χ4n) is 7.59. The van der Waals surface area contributed by atoms with Gasteiger partial charge in [0.2, 0.25) is 0 Å². The van der Waals surface area contributed by atoms with Crippen molar-refractivity contribution in [3.05, 3.63) is 164 Å². The SMILES string of the molecule is c1ccc(-c2nc(-c3ccc4c(ccc5ccccc54)c3)nc(-c3cccc4oc5cc(-c6ccc7c(c6)oc6ccccc67)ccc5c34)n2)cc1. The molecule has 11 aromatic rings. The summed E-state index contributed by atoms with van der Waals surface area (Å²) < 4.78 is 12.7. The average Bonchev–Trinajstić information content (AvgIpc) is 3.78. The lowest BCUT2D eigenvalue weighted by molar-refractivity contribution is 0.668. The summed E-state index contributed by atoms with van der Waals surface area (Å²) in [6.07, 6.45) is 0. The van der Waals surface area contributed by atoms with Gasteiger partial charge in [-0.15, -0.1) is 0 Å². The number of hydrogen-bond acceptors (Lipinski definition) is 5. The van der Waals surface area contributed by atoms with E-state index < -0.39 is 0 Å². The lowest BCUT2D eigenvalue weighted by Gasteiger charge is -2.10. The molecular weight excluding hydrogens is 639 g/mol. The number of hydrogen-bond donors (Lipinski definition) is 0. The first kappa shape index (κ1) is 28.7. The van der Waals surface area contributed by atoms with Gasteiger partial charge in [-0.25, -0.2) is 15.0 Å². The standard InChI is InChI=1S/C47H27N3O2/c1-2-10-29(11-3-1)45-48-46(33-21-22-35-32(25-33)18-17-28-9-4-5-12-34(28)35)50-47(49-45)39-14-8-16-41-44(39)38-24-20-31(27-43(38)52-41)30-19-23-37-36-13-6-7-15-40(36)51-42(37)26-30/h1-27H. The van der Waals surface area contributed by atoms with Crippen LogP contribution in [0.3, 0.4) is 0 Å². The van der Waals surface area contributed by atoms with E-state index in [2.05, 4.69) is 103 Å². The fraction of sp³-hybridized carbons (Fsp3) is 0. The Morgan fingerprint density at radius 1 is 0.308 bits per heavy atom. The molecule has 0 saturated carbocycles. The maximum absolute atomic E-state index is 6.53. The van der Waals surface area contributed by atoms with Crippen LogP contribution in [-0.4, -0.2) is 15.0 Å². The first-order valence-corrected chi connectivity index (χ1v) is 17.3. The molecule has 52 heavy (non-hydrogen) atoms. The largest absolute Gasteiger partial charge is 0.456 e.